The Morgan fingerprint density at radius 2 is 2.09 bits per heavy atom. The zero-order valence-corrected chi connectivity index (χ0v) is 18.9. The summed E-state index contributed by atoms with van der Waals surface area (Å²) in [4.78, 5) is 17.5. The Morgan fingerprint density at radius 3 is 2.81 bits per heavy atom. The topological polar surface area (TPSA) is 108 Å². The number of carbonyl (C=O) groups excluding carboxylic acids is 1. The molecule has 162 valence electrons. The zero-order valence-electron chi connectivity index (χ0n) is 18.1. The largest absolute Gasteiger partial charge is 0.467 e. The minimum atomic E-state index is -0.256. The van der Waals surface area contributed by atoms with Crippen LogP contribution in [0.5, 0.6) is 0 Å². The maximum atomic E-state index is 12.8. The van der Waals surface area contributed by atoms with Crippen LogP contribution in [0.4, 0.5) is 5.82 Å². The van der Waals surface area contributed by atoms with Gasteiger partial charge in [-0.25, -0.2) is 4.98 Å². The highest BCUT2D eigenvalue weighted by Gasteiger charge is 2.21. The number of rotatable bonds is 6. The Hall–Kier alpha value is -3.49. The van der Waals surface area contributed by atoms with E-state index < -0.39 is 0 Å². The van der Waals surface area contributed by atoms with Crippen LogP contribution in [0.25, 0.3) is 0 Å². The summed E-state index contributed by atoms with van der Waals surface area (Å²) in [6.07, 6.45) is 5.67. The Kier molecular flexibility index (Phi) is 6.34. The molecule has 1 aliphatic carbocycles. The molecule has 0 fully saturated rings. The summed E-state index contributed by atoms with van der Waals surface area (Å²) >= 11 is 1.25. The fraction of sp³-hybridized carbons (Fsp3) is 0.333. The summed E-state index contributed by atoms with van der Waals surface area (Å²) < 4.78 is 7.33. The summed E-state index contributed by atoms with van der Waals surface area (Å²) in [6, 6.07) is 9.99. The van der Waals surface area contributed by atoms with Gasteiger partial charge in [0.25, 0.3) is 0 Å². The van der Waals surface area contributed by atoms with E-state index in [9.17, 15) is 15.3 Å². The van der Waals surface area contributed by atoms with Crippen molar-refractivity contribution in [1.29, 1.82) is 10.5 Å². The number of hydrogen-bond acceptors (Lipinski definition) is 6. The molecule has 0 saturated heterocycles. The number of amides is 1. The molecular formula is C24H23N5O2S. The van der Waals surface area contributed by atoms with E-state index in [2.05, 4.69) is 22.4 Å². The predicted molar refractivity (Wildman–Crippen MR) is 121 cm³/mol. The number of fused-ring (bicyclic) bond motifs is 1. The average Bonchev–Trinajstić information content (AvgIpc) is 3.39. The second-order valence-corrected chi connectivity index (χ2v) is 8.78. The highest BCUT2D eigenvalue weighted by Crippen LogP contribution is 2.29. The Bertz CT molecular complexity index is 1250. The Balaban J connectivity index is 1.53. The molecule has 0 saturated carbocycles. The van der Waals surface area contributed by atoms with E-state index in [1.165, 1.54) is 11.8 Å². The van der Waals surface area contributed by atoms with Gasteiger partial charge in [-0.1, -0.05) is 11.8 Å². The number of furan rings is 1. The van der Waals surface area contributed by atoms with E-state index in [-0.39, 0.29) is 11.7 Å². The van der Waals surface area contributed by atoms with Gasteiger partial charge in [0.1, 0.15) is 28.7 Å². The van der Waals surface area contributed by atoms with Gasteiger partial charge in [-0.15, -0.1) is 0 Å². The van der Waals surface area contributed by atoms with Crippen LogP contribution in [0.15, 0.2) is 33.9 Å². The minimum absolute atomic E-state index is 0.0926. The van der Waals surface area contributed by atoms with Crippen LogP contribution in [0.3, 0.4) is 0 Å². The lowest BCUT2D eigenvalue weighted by Gasteiger charge is -2.16. The van der Waals surface area contributed by atoms with E-state index >= 15 is 0 Å². The summed E-state index contributed by atoms with van der Waals surface area (Å²) in [5.41, 5.74) is 4.84. The van der Waals surface area contributed by atoms with Gasteiger partial charge in [-0.2, -0.15) is 10.5 Å². The van der Waals surface area contributed by atoms with Crippen LogP contribution in [0.1, 0.15) is 52.2 Å². The first-order valence-electron chi connectivity index (χ1n) is 10.5. The molecule has 8 heteroatoms. The molecule has 0 spiro atoms. The molecule has 1 N–H and O–H groups in total. The first kappa shape index (κ1) is 21.7. The molecule has 0 bridgehead atoms. The van der Waals surface area contributed by atoms with Gasteiger partial charge in [0.2, 0.25) is 5.91 Å². The van der Waals surface area contributed by atoms with Gasteiger partial charge in [0.15, 0.2) is 0 Å². The van der Waals surface area contributed by atoms with Gasteiger partial charge < -0.3 is 14.3 Å². The molecule has 3 aromatic heterocycles. The van der Waals surface area contributed by atoms with Gasteiger partial charge >= 0.3 is 0 Å². The fourth-order valence-corrected chi connectivity index (χ4v) is 4.77. The first-order valence-corrected chi connectivity index (χ1v) is 11.5. The molecule has 1 amide bonds. The summed E-state index contributed by atoms with van der Waals surface area (Å²) in [7, 11) is 0. The smallest absolute Gasteiger partial charge is 0.235 e. The van der Waals surface area contributed by atoms with Crippen molar-refractivity contribution in [3.63, 3.8) is 0 Å². The number of anilines is 1. The van der Waals surface area contributed by atoms with E-state index in [0.717, 1.165) is 54.0 Å². The van der Waals surface area contributed by atoms with E-state index in [1.807, 2.05) is 30.5 Å². The van der Waals surface area contributed by atoms with E-state index in [0.29, 0.717) is 28.5 Å². The lowest BCUT2D eigenvalue weighted by molar-refractivity contribution is -0.113. The molecule has 32 heavy (non-hydrogen) atoms. The molecule has 3 aromatic rings. The van der Waals surface area contributed by atoms with Crippen LogP contribution in [-0.4, -0.2) is 21.2 Å². The number of hydrogen-bond donors (Lipinski definition) is 1. The summed E-state index contributed by atoms with van der Waals surface area (Å²) in [5.74, 6) is 1.03. The second kappa shape index (κ2) is 9.33. The molecule has 0 atom stereocenters. The van der Waals surface area contributed by atoms with Crippen molar-refractivity contribution in [2.75, 3.05) is 11.1 Å². The maximum Gasteiger partial charge on any atom is 0.235 e. The number of nitrogens with zero attached hydrogens (tertiary/aromatic N) is 4. The number of nitrogens with one attached hydrogen (secondary N) is 1. The molecule has 1 aliphatic rings. The monoisotopic (exact) mass is 445 g/mol. The van der Waals surface area contributed by atoms with Crippen LogP contribution in [0.2, 0.25) is 0 Å². The first-order chi connectivity index (χ1) is 15.5. The lowest BCUT2D eigenvalue weighted by Crippen LogP contribution is -2.19. The molecule has 7 nitrogen and oxygen atoms in total. The second-order valence-electron chi connectivity index (χ2n) is 7.81. The van der Waals surface area contributed by atoms with E-state index in [1.54, 1.807) is 12.3 Å². The third kappa shape index (κ3) is 4.28. The lowest BCUT2D eigenvalue weighted by atomic mass is 9.95. The third-order valence-corrected chi connectivity index (χ3v) is 6.81. The van der Waals surface area contributed by atoms with Gasteiger partial charge in [-0.05, 0) is 68.9 Å². The van der Waals surface area contributed by atoms with Gasteiger partial charge in [0.05, 0.1) is 29.7 Å². The number of nitriles is 2. The van der Waals surface area contributed by atoms with Gasteiger partial charge in [-0.3, -0.25) is 4.79 Å². The molecule has 0 aliphatic heterocycles. The quantitative estimate of drug-likeness (QED) is 0.560. The fourth-order valence-electron chi connectivity index (χ4n) is 3.99. The van der Waals surface area contributed by atoms with E-state index in [4.69, 9.17) is 4.42 Å². The molecule has 0 radical (unpaired) electrons. The normalized spacial score (nSPS) is 12.6. The van der Waals surface area contributed by atoms with Crippen LogP contribution < -0.4 is 5.32 Å². The van der Waals surface area contributed by atoms with Crippen molar-refractivity contribution < 1.29 is 9.21 Å². The van der Waals surface area contributed by atoms with Crippen molar-refractivity contribution in [2.45, 2.75) is 51.1 Å². The van der Waals surface area contributed by atoms with Crippen molar-refractivity contribution in [3.05, 3.63) is 63.9 Å². The molecular weight excluding hydrogens is 422 g/mol. The van der Waals surface area contributed by atoms with Crippen molar-refractivity contribution >= 4 is 23.5 Å². The summed E-state index contributed by atoms with van der Waals surface area (Å²) in [6.45, 7) is 4.20. The van der Waals surface area contributed by atoms with Gasteiger partial charge in [0, 0.05) is 11.4 Å². The Labute approximate surface area is 191 Å². The van der Waals surface area contributed by atoms with Crippen molar-refractivity contribution in [2.24, 2.45) is 0 Å². The molecule has 0 unspecified atom stereocenters. The minimum Gasteiger partial charge on any atom is -0.467 e. The number of carbonyl (C=O) groups is 1. The Morgan fingerprint density at radius 1 is 1.28 bits per heavy atom. The number of aromatic nitrogens is 2. The SMILES string of the molecule is Cc1c(C#N)c(NC(=O)CSc2nc3c(cc2C#N)CCCC3)n(Cc2ccco2)c1C. The van der Waals surface area contributed by atoms with Crippen LogP contribution in [-0.2, 0) is 24.2 Å². The third-order valence-electron chi connectivity index (χ3n) is 5.82. The highest BCUT2D eigenvalue weighted by molar-refractivity contribution is 8.00. The summed E-state index contributed by atoms with van der Waals surface area (Å²) in [5, 5.41) is 22.7. The predicted octanol–water partition coefficient (Wildman–Crippen LogP) is 4.49. The number of thioether (sulfide) groups is 1. The molecule has 3 heterocycles. The number of aryl methyl sites for hydroxylation is 2. The molecule has 4 rings (SSSR count). The zero-order chi connectivity index (χ0) is 22.7. The number of pyridine rings is 1. The molecule has 0 aromatic carbocycles. The van der Waals surface area contributed by atoms with Crippen LogP contribution >= 0.6 is 11.8 Å². The van der Waals surface area contributed by atoms with Crippen LogP contribution in [0, 0.1) is 36.5 Å². The van der Waals surface area contributed by atoms with Crippen molar-refractivity contribution in [1.82, 2.24) is 9.55 Å². The van der Waals surface area contributed by atoms with Crippen molar-refractivity contribution in [3.8, 4) is 12.1 Å². The standard InChI is InChI=1S/C24H23N5O2S/c1-15-16(2)29(13-19-7-5-9-31-19)23(20(15)12-26)28-22(30)14-32-24-18(11-25)10-17-6-3-4-8-21(17)27-24/h5,7,9-10H,3-4,6,8,13-14H2,1-2H3,(H,28,30). The maximum absolute atomic E-state index is 12.8. The highest BCUT2D eigenvalue weighted by atomic mass is 32.2. The average molecular weight is 446 g/mol.